The monoisotopic (exact) mass is 280 g/mol. The van der Waals surface area contributed by atoms with Gasteiger partial charge < -0.3 is 10.2 Å². The molecule has 1 amide bonds. The zero-order chi connectivity index (χ0) is 14.5. The molecule has 1 saturated carbocycles. The molecule has 1 N–H and O–H groups in total. The zero-order valence-electron chi connectivity index (χ0n) is 13.5. The average molecular weight is 280 g/mol. The van der Waals surface area contributed by atoms with Gasteiger partial charge in [-0.1, -0.05) is 33.6 Å². The molecule has 2 atom stereocenters. The Morgan fingerprint density at radius 2 is 1.95 bits per heavy atom. The van der Waals surface area contributed by atoms with Crippen molar-refractivity contribution in [1.29, 1.82) is 0 Å². The Hall–Kier alpha value is -0.570. The SMILES string of the molecule is CC(C)CC(=O)N1CC(C)CC(NCC2CCCC2)C1. The quantitative estimate of drug-likeness (QED) is 0.839. The topological polar surface area (TPSA) is 32.3 Å². The number of piperidine rings is 1. The number of amides is 1. The van der Waals surface area contributed by atoms with E-state index in [0.29, 0.717) is 30.2 Å². The third-order valence-electron chi connectivity index (χ3n) is 4.77. The van der Waals surface area contributed by atoms with Crippen LogP contribution in [0.3, 0.4) is 0 Å². The predicted octanol–water partition coefficient (Wildman–Crippen LogP) is 3.05. The summed E-state index contributed by atoms with van der Waals surface area (Å²) in [5, 5.41) is 3.74. The normalized spacial score (nSPS) is 28.3. The van der Waals surface area contributed by atoms with Crippen LogP contribution in [0.4, 0.5) is 0 Å². The molecule has 3 heteroatoms. The predicted molar refractivity (Wildman–Crippen MR) is 83.6 cm³/mol. The number of rotatable bonds is 5. The summed E-state index contributed by atoms with van der Waals surface area (Å²) in [7, 11) is 0. The van der Waals surface area contributed by atoms with E-state index in [1.165, 1.54) is 32.1 Å². The fourth-order valence-electron chi connectivity index (χ4n) is 3.73. The molecule has 116 valence electrons. The molecular weight excluding hydrogens is 248 g/mol. The van der Waals surface area contributed by atoms with Crippen LogP contribution in [0, 0.1) is 17.8 Å². The van der Waals surface area contributed by atoms with Crippen molar-refractivity contribution in [2.45, 2.75) is 65.3 Å². The maximum Gasteiger partial charge on any atom is 0.222 e. The van der Waals surface area contributed by atoms with E-state index < -0.39 is 0 Å². The first-order chi connectivity index (χ1) is 9.54. The summed E-state index contributed by atoms with van der Waals surface area (Å²) in [6, 6.07) is 0.510. The molecule has 3 nitrogen and oxygen atoms in total. The molecule has 0 bridgehead atoms. The molecule has 0 radical (unpaired) electrons. The summed E-state index contributed by atoms with van der Waals surface area (Å²) in [4.78, 5) is 14.4. The highest BCUT2D eigenvalue weighted by atomic mass is 16.2. The first kappa shape index (κ1) is 15.8. The first-order valence-electron chi connectivity index (χ1n) is 8.55. The molecule has 2 unspecified atom stereocenters. The molecule has 0 spiro atoms. The fourth-order valence-corrected chi connectivity index (χ4v) is 3.73. The lowest BCUT2D eigenvalue weighted by molar-refractivity contribution is -0.134. The van der Waals surface area contributed by atoms with Crippen LogP contribution in [-0.2, 0) is 4.79 Å². The van der Waals surface area contributed by atoms with Crippen LogP contribution >= 0.6 is 0 Å². The van der Waals surface area contributed by atoms with Crippen molar-refractivity contribution < 1.29 is 4.79 Å². The Bertz CT molecular complexity index is 310. The van der Waals surface area contributed by atoms with Crippen LogP contribution in [0.2, 0.25) is 0 Å². The van der Waals surface area contributed by atoms with Crippen LogP contribution in [0.1, 0.15) is 59.3 Å². The highest BCUT2D eigenvalue weighted by Gasteiger charge is 2.28. The summed E-state index contributed by atoms with van der Waals surface area (Å²) < 4.78 is 0. The van der Waals surface area contributed by atoms with E-state index in [1.54, 1.807) is 0 Å². The Kier molecular flexibility index (Phi) is 5.88. The summed E-state index contributed by atoms with van der Waals surface area (Å²) in [6.45, 7) is 9.56. The molecule has 1 aliphatic carbocycles. The van der Waals surface area contributed by atoms with Crippen LogP contribution in [0.5, 0.6) is 0 Å². The third kappa shape index (κ3) is 4.76. The summed E-state index contributed by atoms with van der Waals surface area (Å²) in [6.07, 6.45) is 7.52. The second-order valence-corrected chi connectivity index (χ2v) is 7.49. The van der Waals surface area contributed by atoms with E-state index in [0.717, 1.165) is 25.6 Å². The average Bonchev–Trinajstić information content (AvgIpc) is 2.88. The number of hydrogen-bond donors (Lipinski definition) is 1. The van der Waals surface area contributed by atoms with Crippen molar-refractivity contribution in [3.8, 4) is 0 Å². The summed E-state index contributed by atoms with van der Waals surface area (Å²) in [5.74, 6) is 2.32. The molecule has 0 aromatic rings. The van der Waals surface area contributed by atoms with Gasteiger partial charge in [0.1, 0.15) is 0 Å². The van der Waals surface area contributed by atoms with E-state index in [9.17, 15) is 4.79 Å². The van der Waals surface area contributed by atoms with Gasteiger partial charge >= 0.3 is 0 Å². The lowest BCUT2D eigenvalue weighted by atomic mass is 9.94. The van der Waals surface area contributed by atoms with Crippen molar-refractivity contribution in [2.24, 2.45) is 17.8 Å². The minimum Gasteiger partial charge on any atom is -0.341 e. The molecule has 1 saturated heterocycles. The molecule has 20 heavy (non-hydrogen) atoms. The third-order valence-corrected chi connectivity index (χ3v) is 4.77. The van der Waals surface area contributed by atoms with Crippen molar-refractivity contribution in [2.75, 3.05) is 19.6 Å². The standard InChI is InChI=1S/C17H32N2O/c1-13(2)8-17(20)19-11-14(3)9-16(12-19)18-10-15-6-4-5-7-15/h13-16,18H,4-12H2,1-3H3. The second-order valence-electron chi connectivity index (χ2n) is 7.49. The summed E-state index contributed by atoms with van der Waals surface area (Å²) >= 11 is 0. The van der Waals surface area contributed by atoms with E-state index in [-0.39, 0.29) is 0 Å². The Morgan fingerprint density at radius 3 is 2.60 bits per heavy atom. The van der Waals surface area contributed by atoms with Crippen LogP contribution in [0.15, 0.2) is 0 Å². The van der Waals surface area contributed by atoms with Gasteiger partial charge in [-0.2, -0.15) is 0 Å². The van der Waals surface area contributed by atoms with Crippen LogP contribution in [-0.4, -0.2) is 36.5 Å². The van der Waals surface area contributed by atoms with Crippen molar-refractivity contribution >= 4 is 5.91 Å². The smallest absolute Gasteiger partial charge is 0.222 e. The van der Waals surface area contributed by atoms with Crippen LogP contribution < -0.4 is 5.32 Å². The number of nitrogens with zero attached hydrogens (tertiary/aromatic N) is 1. The second kappa shape index (κ2) is 7.44. The molecule has 0 aromatic carbocycles. The number of hydrogen-bond acceptors (Lipinski definition) is 2. The van der Waals surface area contributed by atoms with Gasteiger partial charge in [-0.25, -0.2) is 0 Å². The molecule has 2 aliphatic rings. The van der Waals surface area contributed by atoms with Gasteiger partial charge in [0.2, 0.25) is 5.91 Å². The summed E-state index contributed by atoms with van der Waals surface area (Å²) in [5.41, 5.74) is 0. The van der Waals surface area contributed by atoms with Gasteiger partial charge in [0, 0.05) is 25.6 Å². The van der Waals surface area contributed by atoms with Gasteiger partial charge in [-0.05, 0) is 43.6 Å². The molecule has 0 aromatic heterocycles. The largest absolute Gasteiger partial charge is 0.341 e. The Morgan fingerprint density at radius 1 is 1.25 bits per heavy atom. The highest BCUT2D eigenvalue weighted by molar-refractivity contribution is 5.76. The number of nitrogens with one attached hydrogen (secondary N) is 1. The van der Waals surface area contributed by atoms with Crippen molar-refractivity contribution in [3.63, 3.8) is 0 Å². The van der Waals surface area contributed by atoms with Gasteiger partial charge in [-0.15, -0.1) is 0 Å². The van der Waals surface area contributed by atoms with E-state index in [4.69, 9.17) is 0 Å². The lowest BCUT2D eigenvalue weighted by Gasteiger charge is -2.37. The number of likely N-dealkylation sites (tertiary alicyclic amines) is 1. The van der Waals surface area contributed by atoms with Gasteiger partial charge in [0.15, 0.2) is 0 Å². The lowest BCUT2D eigenvalue weighted by Crippen LogP contribution is -2.51. The van der Waals surface area contributed by atoms with Crippen molar-refractivity contribution in [3.05, 3.63) is 0 Å². The molecule has 1 heterocycles. The van der Waals surface area contributed by atoms with E-state index >= 15 is 0 Å². The number of carbonyl (C=O) groups is 1. The minimum absolute atomic E-state index is 0.346. The van der Waals surface area contributed by atoms with Gasteiger partial charge in [-0.3, -0.25) is 4.79 Å². The zero-order valence-corrected chi connectivity index (χ0v) is 13.5. The fraction of sp³-hybridized carbons (Fsp3) is 0.941. The van der Waals surface area contributed by atoms with E-state index in [1.807, 2.05) is 0 Å². The molecule has 1 aliphatic heterocycles. The van der Waals surface area contributed by atoms with E-state index in [2.05, 4.69) is 31.0 Å². The van der Waals surface area contributed by atoms with Gasteiger partial charge in [0.25, 0.3) is 0 Å². The first-order valence-corrected chi connectivity index (χ1v) is 8.55. The Labute approximate surface area is 124 Å². The Balaban J connectivity index is 1.79. The molecule has 2 rings (SSSR count). The molecule has 2 fully saturated rings. The number of carbonyl (C=O) groups excluding carboxylic acids is 1. The maximum absolute atomic E-state index is 12.3. The molecular formula is C17H32N2O. The van der Waals surface area contributed by atoms with Crippen molar-refractivity contribution in [1.82, 2.24) is 10.2 Å². The minimum atomic E-state index is 0.346. The highest BCUT2D eigenvalue weighted by Crippen LogP contribution is 2.25. The maximum atomic E-state index is 12.3. The van der Waals surface area contributed by atoms with Crippen LogP contribution in [0.25, 0.3) is 0 Å². The van der Waals surface area contributed by atoms with Gasteiger partial charge in [0.05, 0.1) is 0 Å².